The Morgan fingerprint density at radius 1 is 1.24 bits per heavy atom. The predicted octanol–water partition coefficient (Wildman–Crippen LogP) is 1.62. The van der Waals surface area contributed by atoms with Crippen LogP contribution in [0.2, 0.25) is 0 Å². The monoisotopic (exact) mass is 292 g/mol. The molecule has 0 aliphatic carbocycles. The molecular formula is C16H24N2O3. The van der Waals surface area contributed by atoms with E-state index in [1.807, 2.05) is 30.3 Å². The lowest BCUT2D eigenvalue weighted by Gasteiger charge is -2.27. The Kier molecular flexibility index (Phi) is 6.37. The van der Waals surface area contributed by atoms with Crippen LogP contribution in [0.1, 0.15) is 33.3 Å². The van der Waals surface area contributed by atoms with E-state index in [0.717, 1.165) is 5.56 Å². The maximum atomic E-state index is 12.0. The summed E-state index contributed by atoms with van der Waals surface area (Å²) in [6, 6.07) is 9.17. The van der Waals surface area contributed by atoms with E-state index >= 15 is 0 Å². The van der Waals surface area contributed by atoms with Gasteiger partial charge in [0, 0.05) is 6.54 Å². The summed E-state index contributed by atoms with van der Waals surface area (Å²) in [7, 11) is 0. The van der Waals surface area contributed by atoms with Crippen molar-refractivity contribution in [2.24, 2.45) is 0 Å². The van der Waals surface area contributed by atoms with Crippen LogP contribution in [-0.4, -0.2) is 30.1 Å². The van der Waals surface area contributed by atoms with Crippen molar-refractivity contribution in [3.63, 3.8) is 0 Å². The summed E-state index contributed by atoms with van der Waals surface area (Å²) in [6.07, 6.45) is 0. The fraction of sp³-hybridized carbons (Fsp3) is 0.500. The number of nitrogens with one attached hydrogen (secondary N) is 2. The number of hydrogen-bond donors (Lipinski definition) is 2. The number of ether oxygens (including phenoxy) is 1. The van der Waals surface area contributed by atoms with Gasteiger partial charge in [-0.2, -0.15) is 0 Å². The number of carbonyl (C=O) groups is 2. The lowest BCUT2D eigenvalue weighted by Crippen LogP contribution is -2.55. The van der Waals surface area contributed by atoms with Crippen molar-refractivity contribution in [2.75, 3.05) is 6.61 Å². The van der Waals surface area contributed by atoms with Gasteiger partial charge in [-0.3, -0.25) is 14.9 Å². The quantitative estimate of drug-likeness (QED) is 0.750. The summed E-state index contributed by atoms with van der Waals surface area (Å²) < 4.78 is 4.98. The van der Waals surface area contributed by atoms with Crippen LogP contribution in [0.25, 0.3) is 0 Å². The third-order valence-corrected chi connectivity index (χ3v) is 3.07. The van der Waals surface area contributed by atoms with E-state index in [0.29, 0.717) is 13.2 Å². The average Bonchev–Trinajstić information content (AvgIpc) is 2.45. The topological polar surface area (TPSA) is 67.4 Å². The molecule has 1 rings (SSSR count). The maximum absolute atomic E-state index is 12.0. The molecule has 21 heavy (non-hydrogen) atoms. The van der Waals surface area contributed by atoms with Crippen LogP contribution in [0.4, 0.5) is 0 Å². The third kappa shape index (κ3) is 5.55. The van der Waals surface area contributed by atoms with Gasteiger partial charge in [0.15, 0.2) is 0 Å². The van der Waals surface area contributed by atoms with Gasteiger partial charge in [-0.15, -0.1) is 0 Å². The Morgan fingerprint density at radius 3 is 2.43 bits per heavy atom. The molecule has 0 aromatic heterocycles. The minimum atomic E-state index is -0.903. The van der Waals surface area contributed by atoms with E-state index in [1.165, 1.54) is 0 Å². The molecular weight excluding hydrogens is 268 g/mol. The average molecular weight is 292 g/mol. The van der Waals surface area contributed by atoms with Crippen LogP contribution in [0.5, 0.6) is 0 Å². The molecule has 0 saturated heterocycles. The summed E-state index contributed by atoms with van der Waals surface area (Å²) in [5, 5.41) is 5.83. The molecule has 5 heteroatoms. The van der Waals surface area contributed by atoms with Crippen molar-refractivity contribution in [3.8, 4) is 0 Å². The van der Waals surface area contributed by atoms with Gasteiger partial charge in [0.2, 0.25) is 5.91 Å². The number of rotatable bonds is 7. The molecule has 0 spiro atoms. The molecule has 2 N–H and O–H groups in total. The molecule has 0 aliphatic rings. The lowest BCUT2D eigenvalue weighted by molar-refractivity contribution is -0.150. The van der Waals surface area contributed by atoms with Crippen molar-refractivity contribution < 1.29 is 14.3 Å². The zero-order valence-electron chi connectivity index (χ0n) is 13.1. The van der Waals surface area contributed by atoms with Crippen LogP contribution >= 0.6 is 0 Å². The summed E-state index contributed by atoms with van der Waals surface area (Å²) >= 11 is 0. The zero-order chi connectivity index (χ0) is 15.9. The second-order valence-electron chi connectivity index (χ2n) is 5.41. The van der Waals surface area contributed by atoms with Crippen molar-refractivity contribution in [2.45, 2.75) is 45.8 Å². The van der Waals surface area contributed by atoms with Crippen molar-refractivity contribution in [1.82, 2.24) is 10.6 Å². The molecule has 1 aromatic carbocycles. The molecule has 1 atom stereocenters. The second-order valence-corrected chi connectivity index (χ2v) is 5.41. The smallest absolute Gasteiger partial charge is 0.325 e. The van der Waals surface area contributed by atoms with Crippen LogP contribution in [-0.2, 0) is 20.9 Å². The summed E-state index contributed by atoms with van der Waals surface area (Å²) in [5.74, 6) is -0.524. The molecule has 0 saturated carbocycles. The summed E-state index contributed by atoms with van der Waals surface area (Å²) in [4.78, 5) is 23.8. The van der Waals surface area contributed by atoms with E-state index < -0.39 is 11.6 Å². The second kappa shape index (κ2) is 7.78. The Labute approximate surface area is 126 Å². The highest BCUT2D eigenvalue weighted by atomic mass is 16.5. The molecule has 0 fully saturated rings. The number of benzene rings is 1. The fourth-order valence-corrected chi connectivity index (χ4v) is 1.92. The zero-order valence-corrected chi connectivity index (χ0v) is 13.1. The number of amides is 1. The first kappa shape index (κ1) is 17.2. The van der Waals surface area contributed by atoms with Crippen molar-refractivity contribution in [3.05, 3.63) is 35.9 Å². The Balaban J connectivity index is 2.49. The first-order chi connectivity index (χ1) is 9.86. The van der Waals surface area contributed by atoms with E-state index in [2.05, 4.69) is 10.6 Å². The Hall–Kier alpha value is -1.88. The van der Waals surface area contributed by atoms with Gasteiger partial charge >= 0.3 is 5.97 Å². The van der Waals surface area contributed by atoms with Gasteiger partial charge in [0.1, 0.15) is 5.54 Å². The highest BCUT2D eigenvalue weighted by Crippen LogP contribution is 2.07. The van der Waals surface area contributed by atoms with Crippen LogP contribution in [0.3, 0.4) is 0 Å². The highest BCUT2D eigenvalue weighted by Gasteiger charge is 2.32. The number of hydrogen-bond acceptors (Lipinski definition) is 4. The molecule has 0 aliphatic heterocycles. The van der Waals surface area contributed by atoms with Crippen LogP contribution in [0.15, 0.2) is 30.3 Å². The van der Waals surface area contributed by atoms with E-state index in [-0.39, 0.29) is 11.9 Å². The third-order valence-electron chi connectivity index (χ3n) is 3.07. The first-order valence-corrected chi connectivity index (χ1v) is 7.13. The first-order valence-electron chi connectivity index (χ1n) is 7.13. The Bertz CT molecular complexity index is 472. The molecule has 5 nitrogen and oxygen atoms in total. The minimum Gasteiger partial charge on any atom is -0.465 e. The molecule has 116 valence electrons. The normalized spacial score (nSPS) is 12.6. The SMILES string of the molecule is CCOC(=O)C(C)(C)N[C@H](C)C(=O)NCc1ccccc1. The summed E-state index contributed by atoms with van der Waals surface area (Å²) in [5.41, 5.74) is 0.127. The highest BCUT2D eigenvalue weighted by molar-refractivity contribution is 5.84. The van der Waals surface area contributed by atoms with Gasteiger partial charge in [0.05, 0.1) is 12.6 Å². The molecule has 1 aromatic rings. The van der Waals surface area contributed by atoms with Crippen molar-refractivity contribution >= 4 is 11.9 Å². The lowest BCUT2D eigenvalue weighted by atomic mass is 10.0. The predicted molar refractivity (Wildman–Crippen MR) is 81.6 cm³/mol. The fourth-order valence-electron chi connectivity index (χ4n) is 1.92. The summed E-state index contributed by atoms with van der Waals surface area (Å²) in [6.45, 7) is 7.66. The standard InChI is InChI=1S/C16H24N2O3/c1-5-21-15(20)16(3,4)18-12(2)14(19)17-11-13-9-7-6-8-10-13/h6-10,12,18H,5,11H2,1-4H3,(H,17,19)/t12-/m1/s1. The van der Waals surface area contributed by atoms with Gasteiger partial charge in [-0.25, -0.2) is 0 Å². The minimum absolute atomic E-state index is 0.156. The van der Waals surface area contributed by atoms with Crippen LogP contribution < -0.4 is 10.6 Å². The van der Waals surface area contributed by atoms with Gasteiger partial charge < -0.3 is 10.1 Å². The Morgan fingerprint density at radius 2 is 1.86 bits per heavy atom. The van der Waals surface area contributed by atoms with Gasteiger partial charge in [-0.1, -0.05) is 30.3 Å². The molecule has 0 heterocycles. The number of carbonyl (C=O) groups excluding carboxylic acids is 2. The largest absolute Gasteiger partial charge is 0.465 e. The molecule has 0 bridgehead atoms. The van der Waals surface area contributed by atoms with Gasteiger partial charge in [-0.05, 0) is 33.3 Å². The molecule has 1 amide bonds. The molecule has 0 unspecified atom stereocenters. The van der Waals surface area contributed by atoms with Crippen molar-refractivity contribution in [1.29, 1.82) is 0 Å². The van der Waals surface area contributed by atoms with Crippen LogP contribution in [0, 0.1) is 0 Å². The van der Waals surface area contributed by atoms with E-state index in [9.17, 15) is 9.59 Å². The van der Waals surface area contributed by atoms with E-state index in [1.54, 1.807) is 27.7 Å². The maximum Gasteiger partial charge on any atom is 0.325 e. The van der Waals surface area contributed by atoms with Gasteiger partial charge in [0.25, 0.3) is 0 Å². The molecule has 0 radical (unpaired) electrons. The van der Waals surface area contributed by atoms with E-state index in [4.69, 9.17) is 4.74 Å². The number of esters is 1.